The summed E-state index contributed by atoms with van der Waals surface area (Å²) in [6, 6.07) is 10.7. The normalized spacial score (nSPS) is 12.6. The van der Waals surface area contributed by atoms with E-state index in [0.717, 1.165) is 11.1 Å². The van der Waals surface area contributed by atoms with E-state index in [1.54, 1.807) is 25.1 Å². The minimum Gasteiger partial charge on any atom is -0.504 e. The van der Waals surface area contributed by atoms with Crippen LogP contribution >= 0.6 is 11.8 Å². The van der Waals surface area contributed by atoms with Gasteiger partial charge in [-0.25, -0.2) is 9.37 Å². The van der Waals surface area contributed by atoms with Gasteiger partial charge in [0.05, 0.1) is 43.0 Å². The Bertz CT molecular complexity index is 1460. The van der Waals surface area contributed by atoms with Crippen molar-refractivity contribution >= 4 is 23.6 Å². The summed E-state index contributed by atoms with van der Waals surface area (Å²) >= 11 is 1.42. The van der Waals surface area contributed by atoms with E-state index in [1.807, 2.05) is 18.0 Å². The number of phenolic OH excluding ortho intramolecular Hbond substituents is 1. The molecule has 0 spiro atoms. The molecule has 1 aliphatic heterocycles. The Kier molecular flexibility index (Phi) is 8.83. The lowest BCUT2D eigenvalue weighted by Crippen LogP contribution is -2.24. The number of carbonyl (C=O) groups is 1. The number of benzene rings is 2. The summed E-state index contributed by atoms with van der Waals surface area (Å²) in [4.78, 5) is 22.5. The molecule has 0 atom stereocenters. The Morgan fingerprint density at radius 2 is 2.03 bits per heavy atom. The number of carbonyl (C=O) groups excluding carboxylic acids is 1. The number of nitriles is 1. The molecule has 2 heterocycles. The highest BCUT2D eigenvalue weighted by Crippen LogP contribution is 2.38. The first-order valence-corrected chi connectivity index (χ1v) is 12.9. The minimum atomic E-state index is -1.24. The first kappa shape index (κ1) is 27.7. The summed E-state index contributed by atoms with van der Waals surface area (Å²) in [6.07, 6.45) is 0.966. The maximum Gasteiger partial charge on any atom is 0.306 e. The summed E-state index contributed by atoms with van der Waals surface area (Å²) < 4.78 is 46.2. The molecule has 1 aliphatic rings. The molecular formula is C27H24F2N4O5S. The Labute approximate surface area is 227 Å². The molecule has 3 aromatic rings. The summed E-state index contributed by atoms with van der Waals surface area (Å²) in [6.45, 7) is 3.27. The van der Waals surface area contributed by atoms with Gasteiger partial charge in [0.15, 0.2) is 17.3 Å². The molecule has 202 valence electrons. The number of rotatable bonds is 10. The van der Waals surface area contributed by atoms with Crippen LogP contribution in [0.4, 0.5) is 8.78 Å². The lowest BCUT2D eigenvalue weighted by atomic mass is 10.1. The molecule has 2 aromatic carbocycles. The Morgan fingerprint density at radius 3 is 2.74 bits per heavy atom. The third-order valence-corrected chi connectivity index (χ3v) is 6.53. The fourth-order valence-corrected chi connectivity index (χ4v) is 4.52. The van der Waals surface area contributed by atoms with Gasteiger partial charge in [-0.3, -0.25) is 9.79 Å². The predicted molar refractivity (Wildman–Crippen MR) is 140 cm³/mol. The van der Waals surface area contributed by atoms with Crippen molar-refractivity contribution in [1.29, 1.82) is 5.26 Å². The van der Waals surface area contributed by atoms with Gasteiger partial charge in [0.1, 0.15) is 11.6 Å². The Balaban J connectivity index is 1.63. The van der Waals surface area contributed by atoms with Crippen LogP contribution in [0.2, 0.25) is 0 Å². The van der Waals surface area contributed by atoms with E-state index >= 15 is 4.39 Å². The molecule has 0 aliphatic carbocycles. The number of pyridine rings is 1. The SMILES string of the molecule is CCOC(=O)CCSc1ccc(Oc2c(F)cnc(Oc3cc(C#N)ccc3O)c2F)c(C2=NCCN2C)c1. The fraction of sp³-hybridized carbons (Fsp3) is 0.259. The van der Waals surface area contributed by atoms with Gasteiger partial charge in [0.25, 0.3) is 5.88 Å². The van der Waals surface area contributed by atoms with Crippen molar-refractivity contribution in [1.82, 2.24) is 9.88 Å². The van der Waals surface area contributed by atoms with Gasteiger partial charge < -0.3 is 24.2 Å². The molecule has 0 bridgehead atoms. The van der Waals surface area contributed by atoms with Crippen molar-refractivity contribution in [3.05, 3.63) is 65.4 Å². The van der Waals surface area contributed by atoms with E-state index in [9.17, 15) is 14.3 Å². The molecule has 0 fully saturated rings. The second kappa shape index (κ2) is 12.4. The van der Waals surface area contributed by atoms with Crippen LogP contribution in [-0.2, 0) is 9.53 Å². The highest BCUT2D eigenvalue weighted by atomic mass is 32.2. The van der Waals surface area contributed by atoms with Gasteiger partial charge in [-0.1, -0.05) is 0 Å². The van der Waals surface area contributed by atoms with E-state index in [2.05, 4.69) is 9.98 Å². The zero-order valence-corrected chi connectivity index (χ0v) is 21.9. The third-order valence-electron chi connectivity index (χ3n) is 5.54. The maximum atomic E-state index is 15.4. The Hall–Kier alpha value is -4.37. The molecule has 0 saturated heterocycles. The highest BCUT2D eigenvalue weighted by molar-refractivity contribution is 7.99. The Morgan fingerprint density at radius 1 is 1.21 bits per heavy atom. The molecule has 1 N–H and O–H groups in total. The summed E-state index contributed by atoms with van der Waals surface area (Å²) in [5.41, 5.74) is 0.668. The van der Waals surface area contributed by atoms with Crippen LogP contribution in [0, 0.1) is 23.0 Å². The van der Waals surface area contributed by atoms with Crippen molar-refractivity contribution in [3.63, 3.8) is 0 Å². The quantitative estimate of drug-likeness (QED) is 0.265. The number of aliphatic imine (C=N–C) groups is 1. The molecule has 0 amide bonds. The smallest absolute Gasteiger partial charge is 0.306 e. The molecule has 0 radical (unpaired) electrons. The number of ether oxygens (including phenoxy) is 3. The van der Waals surface area contributed by atoms with Crippen LogP contribution in [0.15, 0.2) is 52.5 Å². The van der Waals surface area contributed by atoms with Gasteiger partial charge >= 0.3 is 5.97 Å². The van der Waals surface area contributed by atoms with Crippen LogP contribution < -0.4 is 9.47 Å². The monoisotopic (exact) mass is 554 g/mol. The molecule has 0 saturated carbocycles. The number of aromatic hydroxyl groups is 1. The van der Waals surface area contributed by atoms with Crippen molar-refractivity contribution in [3.8, 4) is 34.9 Å². The number of thioether (sulfide) groups is 1. The summed E-state index contributed by atoms with van der Waals surface area (Å²) in [5, 5.41) is 19.1. The van der Waals surface area contributed by atoms with Crippen molar-refractivity contribution in [2.45, 2.75) is 18.2 Å². The van der Waals surface area contributed by atoms with Crippen LogP contribution in [0.25, 0.3) is 0 Å². The number of aromatic nitrogens is 1. The standard InChI is InChI=1S/C27H24F2N4O5S/c1-3-36-23(35)8-11-39-17-5-7-21(18(13-17)26-31-9-10-33(26)2)37-25-19(28)15-32-27(24(25)29)38-22-12-16(14-30)4-6-20(22)34/h4-7,12-13,15,34H,3,8-11H2,1-2H3. The molecule has 1 aromatic heterocycles. The minimum absolute atomic E-state index is 0.140. The number of likely N-dealkylation sites (N-methyl/N-ethyl adjacent to an activating group) is 1. The van der Waals surface area contributed by atoms with E-state index < -0.39 is 23.3 Å². The second-order valence-electron chi connectivity index (χ2n) is 8.24. The molecule has 39 heavy (non-hydrogen) atoms. The predicted octanol–water partition coefficient (Wildman–Crippen LogP) is 5.26. The second-order valence-corrected chi connectivity index (χ2v) is 9.41. The van der Waals surface area contributed by atoms with E-state index in [1.165, 1.54) is 30.0 Å². The van der Waals surface area contributed by atoms with Gasteiger partial charge in [-0.05, 0) is 37.3 Å². The zero-order valence-electron chi connectivity index (χ0n) is 21.1. The lowest BCUT2D eigenvalue weighted by molar-refractivity contribution is -0.142. The van der Waals surface area contributed by atoms with E-state index in [4.69, 9.17) is 19.5 Å². The lowest BCUT2D eigenvalue weighted by Gasteiger charge is -2.19. The first-order valence-electron chi connectivity index (χ1n) is 11.9. The van der Waals surface area contributed by atoms with Gasteiger partial charge in [-0.2, -0.15) is 9.65 Å². The number of esters is 1. The van der Waals surface area contributed by atoms with E-state index in [-0.39, 0.29) is 35.2 Å². The molecule has 12 heteroatoms. The summed E-state index contributed by atoms with van der Waals surface area (Å²) in [7, 11) is 1.84. The number of halogens is 2. The largest absolute Gasteiger partial charge is 0.504 e. The maximum absolute atomic E-state index is 15.4. The van der Waals surface area contributed by atoms with Crippen molar-refractivity contribution in [2.75, 3.05) is 32.5 Å². The van der Waals surface area contributed by atoms with Gasteiger partial charge in [-0.15, -0.1) is 11.8 Å². The van der Waals surface area contributed by atoms with Crippen LogP contribution in [0.5, 0.6) is 28.9 Å². The zero-order chi connectivity index (χ0) is 27.9. The summed E-state index contributed by atoms with van der Waals surface area (Å²) in [5.74, 6) is -3.40. The number of hydrogen-bond acceptors (Lipinski definition) is 10. The average molecular weight is 555 g/mol. The van der Waals surface area contributed by atoms with Gasteiger partial charge in [0, 0.05) is 30.3 Å². The first-order chi connectivity index (χ1) is 18.8. The van der Waals surface area contributed by atoms with Crippen molar-refractivity contribution < 1.29 is 32.9 Å². The number of phenols is 1. The number of amidine groups is 1. The number of nitrogens with zero attached hydrogens (tertiary/aromatic N) is 4. The molecular weight excluding hydrogens is 530 g/mol. The molecule has 0 unspecified atom stereocenters. The molecule has 9 nitrogen and oxygen atoms in total. The topological polar surface area (TPSA) is 117 Å². The van der Waals surface area contributed by atoms with Gasteiger partial charge in [0.2, 0.25) is 11.6 Å². The number of hydrogen-bond donors (Lipinski definition) is 1. The average Bonchev–Trinajstić information content (AvgIpc) is 3.35. The third kappa shape index (κ3) is 6.56. The van der Waals surface area contributed by atoms with Crippen LogP contribution in [-0.4, -0.2) is 59.3 Å². The van der Waals surface area contributed by atoms with Crippen LogP contribution in [0.3, 0.4) is 0 Å². The van der Waals surface area contributed by atoms with Crippen LogP contribution in [0.1, 0.15) is 24.5 Å². The fourth-order valence-electron chi connectivity index (χ4n) is 3.65. The van der Waals surface area contributed by atoms with Crippen molar-refractivity contribution in [2.24, 2.45) is 4.99 Å². The highest BCUT2D eigenvalue weighted by Gasteiger charge is 2.25. The van der Waals surface area contributed by atoms with E-state index in [0.29, 0.717) is 36.8 Å². The molecule has 4 rings (SSSR count).